The highest BCUT2D eigenvalue weighted by Crippen LogP contribution is 2.29. The van der Waals surface area contributed by atoms with E-state index in [9.17, 15) is 10.2 Å². The smallest absolute Gasteiger partial charge is 0.120 e. The minimum absolute atomic E-state index is 0.0534. The van der Waals surface area contributed by atoms with Crippen molar-refractivity contribution in [3.05, 3.63) is 59.7 Å². The van der Waals surface area contributed by atoms with E-state index in [2.05, 4.69) is 24.4 Å². The van der Waals surface area contributed by atoms with Crippen LogP contribution in [0, 0.1) is 0 Å². The van der Waals surface area contributed by atoms with E-state index < -0.39 is 0 Å². The number of hydrogen-bond acceptors (Lipinski definition) is 3. The van der Waals surface area contributed by atoms with Crippen molar-refractivity contribution in [1.29, 1.82) is 0 Å². The summed E-state index contributed by atoms with van der Waals surface area (Å²) in [6.07, 6.45) is 0. The van der Waals surface area contributed by atoms with Gasteiger partial charge in [-0.2, -0.15) is 0 Å². The molecule has 0 saturated heterocycles. The summed E-state index contributed by atoms with van der Waals surface area (Å²) in [7, 11) is 0. The molecule has 0 heterocycles. The Morgan fingerprint density at radius 2 is 1.58 bits per heavy atom. The quantitative estimate of drug-likeness (QED) is 0.735. The summed E-state index contributed by atoms with van der Waals surface area (Å²) < 4.78 is 0. The highest BCUT2D eigenvalue weighted by atomic mass is 16.3. The normalized spacial score (nSPS) is 14.0. The molecule has 100 valence electrons. The van der Waals surface area contributed by atoms with Crippen molar-refractivity contribution in [2.75, 3.05) is 0 Å². The van der Waals surface area contributed by atoms with Crippen molar-refractivity contribution in [2.24, 2.45) is 0 Å². The van der Waals surface area contributed by atoms with E-state index in [1.54, 1.807) is 6.07 Å². The van der Waals surface area contributed by atoms with Gasteiger partial charge in [0.05, 0.1) is 0 Å². The largest absolute Gasteiger partial charge is 0.508 e. The van der Waals surface area contributed by atoms with Gasteiger partial charge in [0, 0.05) is 17.6 Å². The zero-order chi connectivity index (χ0) is 13.8. The summed E-state index contributed by atoms with van der Waals surface area (Å²) in [5.41, 5.74) is 1.89. The van der Waals surface area contributed by atoms with Crippen LogP contribution in [0.15, 0.2) is 48.5 Å². The van der Waals surface area contributed by atoms with E-state index in [0.29, 0.717) is 5.56 Å². The van der Waals surface area contributed by atoms with Crippen molar-refractivity contribution in [1.82, 2.24) is 5.32 Å². The summed E-state index contributed by atoms with van der Waals surface area (Å²) in [5.74, 6) is 0.354. The molecule has 0 spiro atoms. The standard InChI is InChI=1S/C16H19NO2/c1-11(13-6-4-3-5-7-13)17-12(2)15-10-14(18)8-9-16(15)19/h3-12,17-19H,1-2H3/t11-,12?/m1/s1. The predicted octanol–water partition coefficient (Wildman–Crippen LogP) is 3.51. The molecular weight excluding hydrogens is 238 g/mol. The fraction of sp³-hybridized carbons (Fsp3) is 0.250. The van der Waals surface area contributed by atoms with Crippen LogP contribution in [0.3, 0.4) is 0 Å². The van der Waals surface area contributed by atoms with Gasteiger partial charge in [0.2, 0.25) is 0 Å². The maximum Gasteiger partial charge on any atom is 0.120 e. The number of phenols is 2. The number of benzene rings is 2. The molecule has 0 radical (unpaired) electrons. The molecule has 0 aromatic heterocycles. The molecule has 2 atom stereocenters. The molecule has 0 aliphatic rings. The second-order valence-corrected chi connectivity index (χ2v) is 4.76. The fourth-order valence-electron chi connectivity index (χ4n) is 2.19. The predicted molar refractivity (Wildman–Crippen MR) is 76.2 cm³/mol. The summed E-state index contributed by atoms with van der Waals surface area (Å²) in [5, 5.41) is 22.7. The van der Waals surface area contributed by atoms with Crippen LogP contribution in [0.2, 0.25) is 0 Å². The first-order valence-corrected chi connectivity index (χ1v) is 6.41. The summed E-state index contributed by atoms with van der Waals surface area (Å²) >= 11 is 0. The van der Waals surface area contributed by atoms with Crippen molar-refractivity contribution >= 4 is 0 Å². The maximum absolute atomic E-state index is 9.84. The lowest BCUT2D eigenvalue weighted by Crippen LogP contribution is -2.22. The summed E-state index contributed by atoms with van der Waals surface area (Å²) in [6, 6.07) is 14.8. The third-order valence-corrected chi connectivity index (χ3v) is 3.28. The first-order valence-electron chi connectivity index (χ1n) is 6.41. The lowest BCUT2D eigenvalue weighted by atomic mass is 10.0. The van der Waals surface area contributed by atoms with Gasteiger partial charge in [0.25, 0.3) is 0 Å². The van der Waals surface area contributed by atoms with Crippen LogP contribution in [0.5, 0.6) is 11.5 Å². The Labute approximate surface area is 113 Å². The Morgan fingerprint density at radius 3 is 2.26 bits per heavy atom. The van der Waals surface area contributed by atoms with Gasteiger partial charge >= 0.3 is 0 Å². The first kappa shape index (κ1) is 13.4. The number of rotatable bonds is 4. The molecule has 0 bridgehead atoms. The van der Waals surface area contributed by atoms with Gasteiger partial charge in [-0.05, 0) is 37.6 Å². The third-order valence-electron chi connectivity index (χ3n) is 3.28. The number of nitrogens with one attached hydrogen (secondary N) is 1. The molecule has 0 aliphatic carbocycles. The van der Waals surface area contributed by atoms with E-state index in [1.807, 2.05) is 25.1 Å². The second kappa shape index (κ2) is 5.76. The van der Waals surface area contributed by atoms with Gasteiger partial charge in [-0.1, -0.05) is 30.3 Å². The monoisotopic (exact) mass is 257 g/mol. The van der Waals surface area contributed by atoms with Gasteiger partial charge in [-0.25, -0.2) is 0 Å². The van der Waals surface area contributed by atoms with Crippen molar-refractivity contribution in [3.8, 4) is 11.5 Å². The van der Waals surface area contributed by atoms with E-state index >= 15 is 0 Å². The lowest BCUT2D eigenvalue weighted by molar-refractivity contribution is 0.429. The second-order valence-electron chi connectivity index (χ2n) is 4.76. The molecule has 3 nitrogen and oxygen atoms in total. The van der Waals surface area contributed by atoms with Crippen LogP contribution < -0.4 is 5.32 Å². The maximum atomic E-state index is 9.84. The van der Waals surface area contributed by atoms with Gasteiger partial charge in [-0.15, -0.1) is 0 Å². The molecule has 0 aliphatic heterocycles. The molecule has 1 unspecified atom stereocenters. The highest BCUT2D eigenvalue weighted by Gasteiger charge is 2.14. The third kappa shape index (κ3) is 3.26. The molecule has 0 saturated carbocycles. The first-order chi connectivity index (χ1) is 9.08. The zero-order valence-corrected chi connectivity index (χ0v) is 11.2. The van der Waals surface area contributed by atoms with Crippen LogP contribution in [0.25, 0.3) is 0 Å². The minimum Gasteiger partial charge on any atom is -0.508 e. The van der Waals surface area contributed by atoms with E-state index in [4.69, 9.17) is 0 Å². The van der Waals surface area contributed by atoms with Crippen LogP contribution >= 0.6 is 0 Å². The molecule has 3 N–H and O–H groups in total. The number of hydrogen-bond donors (Lipinski definition) is 3. The SMILES string of the molecule is CC(N[C@H](C)c1ccccc1)c1cc(O)ccc1O. The topological polar surface area (TPSA) is 52.5 Å². The molecule has 2 aromatic carbocycles. The van der Waals surface area contributed by atoms with Crippen LogP contribution in [0.4, 0.5) is 0 Å². The van der Waals surface area contributed by atoms with Crippen molar-refractivity contribution in [3.63, 3.8) is 0 Å². The van der Waals surface area contributed by atoms with Gasteiger partial charge < -0.3 is 15.5 Å². The van der Waals surface area contributed by atoms with E-state index in [1.165, 1.54) is 17.7 Å². The van der Waals surface area contributed by atoms with Crippen molar-refractivity contribution in [2.45, 2.75) is 25.9 Å². The van der Waals surface area contributed by atoms with Gasteiger partial charge in [0.15, 0.2) is 0 Å². The van der Waals surface area contributed by atoms with Crippen LogP contribution in [-0.2, 0) is 0 Å². The van der Waals surface area contributed by atoms with Crippen molar-refractivity contribution < 1.29 is 10.2 Å². The Hall–Kier alpha value is -2.00. The lowest BCUT2D eigenvalue weighted by Gasteiger charge is -2.21. The van der Waals surface area contributed by atoms with Crippen LogP contribution in [-0.4, -0.2) is 10.2 Å². The molecule has 0 amide bonds. The molecule has 19 heavy (non-hydrogen) atoms. The zero-order valence-electron chi connectivity index (χ0n) is 11.2. The summed E-state index contributed by atoms with van der Waals surface area (Å²) in [6.45, 7) is 4.04. The molecular formula is C16H19NO2. The molecule has 3 heteroatoms. The average Bonchev–Trinajstić information content (AvgIpc) is 2.42. The Morgan fingerprint density at radius 1 is 0.895 bits per heavy atom. The van der Waals surface area contributed by atoms with Crippen LogP contribution in [0.1, 0.15) is 37.1 Å². The minimum atomic E-state index is -0.0534. The molecule has 0 fully saturated rings. The number of aromatic hydroxyl groups is 2. The molecule has 2 aromatic rings. The van der Waals surface area contributed by atoms with Gasteiger partial charge in [0.1, 0.15) is 11.5 Å². The molecule has 2 rings (SSSR count). The average molecular weight is 257 g/mol. The van der Waals surface area contributed by atoms with E-state index in [-0.39, 0.29) is 23.6 Å². The Bertz CT molecular complexity index is 540. The number of phenolic OH excluding ortho intramolecular Hbond substituents is 2. The van der Waals surface area contributed by atoms with E-state index in [0.717, 1.165) is 0 Å². The Balaban J connectivity index is 2.13. The highest BCUT2D eigenvalue weighted by molar-refractivity contribution is 5.40. The van der Waals surface area contributed by atoms with Gasteiger partial charge in [-0.3, -0.25) is 0 Å². The fourth-order valence-corrected chi connectivity index (χ4v) is 2.19. The summed E-state index contributed by atoms with van der Waals surface area (Å²) in [4.78, 5) is 0. The Kier molecular flexibility index (Phi) is 4.07.